The minimum Gasteiger partial charge on any atom is -0.395 e. The van der Waals surface area contributed by atoms with Gasteiger partial charge >= 0.3 is 6.18 Å². The van der Waals surface area contributed by atoms with E-state index in [1.807, 2.05) is 0 Å². The SMILES string of the molecule is O=C(C1CSCCS1)N1CCC(CO)(C(F)(F)F)C1. The van der Waals surface area contributed by atoms with Crippen LogP contribution in [0.2, 0.25) is 0 Å². The lowest BCUT2D eigenvalue weighted by molar-refractivity contribution is -0.230. The van der Waals surface area contributed by atoms with E-state index in [2.05, 4.69) is 0 Å². The van der Waals surface area contributed by atoms with Crippen LogP contribution in [0.4, 0.5) is 13.2 Å². The van der Waals surface area contributed by atoms with Gasteiger partial charge in [-0.25, -0.2) is 0 Å². The van der Waals surface area contributed by atoms with E-state index in [1.54, 1.807) is 11.8 Å². The lowest BCUT2D eigenvalue weighted by atomic mass is 9.87. The van der Waals surface area contributed by atoms with Gasteiger partial charge in [0.1, 0.15) is 5.41 Å². The molecule has 1 N–H and O–H groups in total. The number of amides is 1. The Morgan fingerprint density at radius 2 is 2.16 bits per heavy atom. The van der Waals surface area contributed by atoms with Crippen LogP contribution < -0.4 is 0 Å². The number of hydrogen-bond donors (Lipinski definition) is 1. The largest absolute Gasteiger partial charge is 0.398 e. The van der Waals surface area contributed by atoms with E-state index in [4.69, 9.17) is 5.11 Å². The Morgan fingerprint density at radius 3 is 2.63 bits per heavy atom. The van der Waals surface area contributed by atoms with Crippen molar-refractivity contribution in [2.45, 2.75) is 17.8 Å². The quantitative estimate of drug-likeness (QED) is 0.840. The zero-order chi connectivity index (χ0) is 14.1. The highest BCUT2D eigenvalue weighted by atomic mass is 32.2. The van der Waals surface area contributed by atoms with Gasteiger partial charge in [0.15, 0.2) is 0 Å². The smallest absolute Gasteiger partial charge is 0.395 e. The number of rotatable bonds is 2. The molecular weight excluding hydrogens is 299 g/mol. The molecule has 1 amide bonds. The number of carbonyl (C=O) groups is 1. The van der Waals surface area contributed by atoms with Crippen molar-refractivity contribution in [1.82, 2.24) is 4.90 Å². The van der Waals surface area contributed by atoms with Gasteiger partial charge in [0.2, 0.25) is 5.91 Å². The molecule has 2 rings (SSSR count). The fourth-order valence-electron chi connectivity index (χ4n) is 2.34. The first-order valence-electron chi connectivity index (χ1n) is 6.05. The maximum absolute atomic E-state index is 13.0. The number of thioether (sulfide) groups is 2. The van der Waals surface area contributed by atoms with Gasteiger partial charge in [-0.15, -0.1) is 11.8 Å². The summed E-state index contributed by atoms with van der Waals surface area (Å²) in [7, 11) is 0. The molecule has 2 fully saturated rings. The van der Waals surface area contributed by atoms with Crippen LogP contribution in [0.1, 0.15) is 6.42 Å². The molecule has 0 radical (unpaired) electrons. The normalized spacial score (nSPS) is 32.6. The topological polar surface area (TPSA) is 40.5 Å². The van der Waals surface area contributed by atoms with E-state index >= 15 is 0 Å². The molecule has 2 unspecified atom stereocenters. The summed E-state index contributed by atoms with van der Waals surface area (Å²) < 4.78 is 39.0. The van der Waals surface area contributed by atoms with Crippen LogP contribution in [-0.2, 0) is 4.79 Å². The summed E-state index contributed by atoms with van der Waals surface area (Å²) in [5, 5.41) is 8.86. The standard InChI is InChI=1S/C11H16F3NO2S2/c12-11(13,14)10(7-16)1-2-15(6-10)9(17)8-5-18-3-4-19-8/h8,16H,1-7H2. The zero-order valence-corrected chi connectivity index (χ0v) is 11.9. The minimum atomic E-state index is -4.47. The zero-order valence-electron chi connectivity index (χ0n) is 10.3. The fraction of sp³-hybridized carbons (Fsp3) is 0.909. The second-order valence-electron chi connectivity index (χ2n) is 4.88. The lowest BCUT2D eigenvalue weighted by Crippen LogP contribution is -2.46. The van der Waals surface area contributed by atoms with Crippen molar-refractivity contribution >= 4 is 29.4 Å². The third kappa shape index (κ3) is 3.00. The van der Waals surface area contributed by atoms with Gasteiger partial charge in [-0.2, -0.15) is 24.9 Å². The Kier molecular flexibility index (Phi) is 4.62. The van der Waals surface area contributed by atoms with Gasteiger partial charge in [-0.1, -0.05) is 0 Å². The summed E-state index contributed by atoms with van der Waals surface area (Å²) in [4.78, 5) is 13.4. The molecule has 2 heterocycles. The molecule has 2 saturated heterocycles. The highest BCUT2D eigenvalue weighted by molar-refractivity contribution is 8.07. The monoisotopic (exact) mass is 315 g/mol. The van der Waals surface area contributed by atoms with Crippen LogP contribution >= 0.6 is 23.5 Å². The molecule has 0 aliphatic carbocycles. The average molecular weight is 315 g/mol. The molecule has 8 heteroatoms. The summed E-state index contributed by atoms with van der Waals surface area (Å²) in [6, 6.07) is 0. The Hall–Kier alpha value is -0.0800. The highest BCUT2D eigenvalue weighted by Gasteiger charge is 2.58. The first kappa shape index (κ1) is 15.3. The van der Waals surface area contributed by atoms with Crippen molar-refractivity contribution in [2.75, 3.05) is 37.0 Å². The molecule has 19 heavy (non-hydrogen) atoms. The van der Waals surface area contributed by atoms with Gasteiger partial charge in [0.05, 0.1) is 11.9 Å². The molecule has 0 bridgehead atoms. The van der Waals surface area contributed by atoms with Crippen molar-refractivity contribution in [3.63, 3.8) is 0 Å². The average Bonchev–Trinajstić information content (AvgIpc) is 2.84. The first-order valence-corrected chi connectivity index (χ1v) is 8.26. The third-order valence-electron chi connectivity index (χ3n) is 3.66. The molecule has 110 valence electrons. The van der Waals surface area contributed by atoms with E-state index in [0.29, 0.717) is 5.75 Å². The third-order valence-corrected chi connectivity index (χ3v) is 6.40. The molecule has 2 atom stereocenters. The summed E-state index contributed by atoms with van der Waals surface area (Å²) >= 11 is 3.18. The van der Waals surface area contributed by atoms with Gasteiger partial charge in [-0.05, 0) is 6.42 Å². The number of aliphatic hydroxyl groups is 1. The van der Waals surface area contributed by atoms with Crippen molar-refractivity contribution in [2.24, 2.45) is 5.41 Å². The maximum Gasteiger partial charge on any atom is 0.398 e. The Labute approximate surface area is 118 Å². The highest BCUT2D eigenvalue weighted by Crippen LogP contribution is 2.45. The van der Waals surface area contributed by atoms with Crippen LogP contribution in [-0.4, -0.2) is 64.3 Å². The number of alkyl halides is 3. The summed E-state index contributed by atoms with van der Waals surface area (Å²) in [6.07, 6.45) is -4.67. The van der Waals surface area contributed by atoms with Gasteiger partial charge < -0.3 is 10.0 Å². The lowest BCUT2D eigenvalue weighted by Gasteiger charge is -2.31. The molecule has 0 spiro atoms. The number of hydrogen-bond acceptors (Lipinski definition) is 4. The molecule has 0 saturated carbocycles. The minimum absolute atomic E-state index is 0.0840. The van der Waals surface area contributed by atoms with Crippen LogP contribution in [0, 0.1) is 5.41 Å². The molecule has 2 aliphatic heterocycles. The summed E-state index contributed by atoms with van der Waals surface area (Å²) in [5.74, 6) is 2.30. The summed E-state index contributed by atoms with van der Waals surface area (Å²) in [6.45, 7) is -1.28. The van der Waals surface area contributed by atoms with Crippen LogP contribution in [0.5, 0.6) is 0 Å². The summed E-state index contributed by atoms with van der Waals surface area (Å²) in [5.41, 5.74) is -2.13. The maximum atomic E-state index is 13.0. The van der Waals surface area contributed by atoms with Crippen molar-refractivity contribution in [3.8, 4) is 0 Å². The second kappa shape index (κ2) is 5.73. The molecule has 0 aromatic carbocycles. The van der Waals surface area contributed by atoms with E-state index in [1.165, 1.54) is 16.7 Å². The van der Waals surface area contributed by atoms with E-state index in [0.717, 1.165) is 11.5 Å². The fourth-order valence-corrected chi connectivity index (χ4v) is 4.97. The Bertz CT molecular complexity index is 347. The number of likely N-dealkylation sites (tertiary alicyclic amines) is 1. The Balaban J connectivity index is 2.02. The first-order chi connectivity index (χ1) is 8.89. The Morgan fingerprint density at radius 1 is 1.42 bits per heavy atom. The van der Waals surface area contributed by atoms with Crippen LogP contribution in [0.15, 0.2) is 0 Å². The number of carbonyl (C=O) groups excluding carboxylic acids is 1. The number of nitrogens with zero attached hydrogens (tertiary/aromatic N) is 1. The number of aliphatic hydroxyl groups excluding tert-OH is 1. The molecule has 0 aromatic rings. The molecular formula is C11H16F3NO2S2. The predicted octanol–water partition coefficient (Wildman–Crippen LogP) is 1.61. The van der Waals surface area contributed by atoms with Gasteiger partial charge in [-0.3, -0.25) is 4.79 Å². The number of halogens is 3. The van der Waals surface area contributed by atoms with E-state index in [9.17, 15) is 18.0 Å². The van der Waals surface area contributed by atoms with Gasteiger partial charge in [0.25, 0.3) is 0 Å². The van der Waals surface area contributed by atoms with Crippen molar-refractivity contribution < 1.29 is 23.1 Å². The predicted molar refractivity (Wildman–Crippen MR) is 70.3 cm³/mol. The molecule has 0 aromatic heterocycles. The van der Waals surface area contributed by atoms with Gasteiger partial charge in [0, 0.05) is 30.3 Å². The van der Waals surface area contributed by atoms with E-state index < -0.39 is 24.7 Å². The van der Waals surface area contributed by atoms with E-state index in [-0.39, 0.29) is 24.1 Å². The van der Waals surface area contributed by atoms with Crippen LogP contribution in [0.25, 0.3) is 0 Å². The molecule has 3 nitrogen and oxygen atoms in total. The van der Waals surface area contributed by atoms with Crippen molar-refractivity contribution in [1.29, 1.82) is 0 Å². The second-order valence-corrected chi connectivity index (χ2v) is 7.34. The molecule has 2 aliphatic rings. The van der Waals surface area contributed by atoms with Crippen molar-refractivity contribution in [3.05, 3.63) is 0 Å². The van der Waals surface area contributed by atoms with Crippen LogP contribution in [0.3, 0.4) is 0 Å².